The number of hydrogen-bond donors (Lipinski definition) is 0. The second-order valence-corrected chi connectivity index (χ2v) is 8.84. The van der Waals surface area contributed by atoms with Crippen molar-refractivity contribution in [1.82, 2.24) is 19.4 Å². The first kappa shape index (κ1) is 21.3. The number of anilines is 1. The molecule has 1 aromatic carbocycles. The molecule has 0 saturated carbocycles. The topological polar surface area (TPSA) is 63.5 Å². The van der Waals surface area contributed by atoms with E-state index in [0.29, 0.717) is 39.3 Å². The maximum absolute atomic E-state index is 14.9. The molecule has 0 amide bonds. The average Bonchev–Trinajstić information content (AvgIpc) is 3.28. The number of nitrogens with zero attached hydrogens (tertiary/aromatic N) is 5. The zero-order valence-electron chi connectivity index (χ0n) is 18.1. The third kappa shape index (κ3) is 3.76. The first-order chi connectivity index (χ1) is 15.4. The van der Waals surface area contributed by atoms with Crippen molar-refractivity contribution in [1.29, 1.82) is 0 Å². The molecule has 0 bridgehead atoms. The maximum Gasteiger partial charge on any atom is 0.263 e. The number of pyridine rings is 1. The van der Waals surface area contributed by atoms with Gasteiger partial charge in [-0.2, -0.15) is 0 Å². The third-order valence-corrected chi connectivity index (χ3v) is 6.74. The van der Waals surface area contributed by atoms with Gasteiger partial charge in [0.05, 0.1) is 29.8 Å². The highest BCUT2D eigenvalue weighted by atomic mass is 35.5. The SMILES string of the molecule is Cc1nc2cc(N3CCC(N4CCOCC4)C3)nc(-c3ccc(Cl)cc3F)c2c(=O)n1C. The second-order valence-electron chi connectivity index (χ2n) is 8.41. The lowest BCUT2D eigenvalue weighted by Crippen LogP contribution is -2.44. The van der Waals surface area contributed by atoms with Crippen LogP contribution in [0.2, 0.25) is 5.02 Å². The van der Waals surface area contributed by atoms with E-state index in [-0.39, 0.29) is 11.1 Å². The van der Waals surface area contributed by atoms with Gasteiger partial charge in [-0.15, -0.1) is 0 Å². The monoisotopic (exact) mass is 457 g/mol. The lowest BCUT2D eigenvalue weighted by molar-refractivity contribution is 0.0209. The van der Waals surface area contributed by atoms with E-state index < -0.39 is 5.82 Å². The van der Waals surface area contributed by atoms with Crippen LogP contribution < -0.4 is 10.5 Å². The summed E-state index contributed by atoms with van der Waals surface area (Å²) in [4.78, 5) is 27.2. The summed E-state index contributed by atoms with van der Waals surface area (Å²) in [5, 5.41) is 0.605. The Morgan fingerprint density at radius 1 is 1.16 bits per heavy atom. The second kappa shape index (κ2) is 8.42. The molecule has 4 heterocycles. The molecule has 0 radical (unpaired) electrons. The number of halogens is 2. The molecule has 0 N–H and O–H groups in total. The van der Waals surface area contributed by atoms with Crippen molar-refractivity contribution in [3.8, 4) is 11.3 Å². The largest absolute Gasteiger partial charge is 0.379 e. The minimum Gasteiger partial charge on any atom is -0.379 e. The predicted molar refractivity (Wildman–Crippen MR) is 123 cm³/mol. The highest BCUT2D eigenvalue weighted by Crippen LogP contribution is 2.32. The van der Waals surface area contributed by atoms with Crippen LogP contribution in [0.15, 0.2) is 29.1 Å². The van der Waals surface area contributed by atoms with Gasteiger partial charge in [0.25, 0.3) is 5.56 Å². The number of fused-ring (bicyclic) bond motifs is 1. The zero-order valence-corrected chi connectivity index (χ0v) is 18.9. The van der Waals surface area contributed by atoms with Crippen LogP contribution >= 0.6 is 11.6 Å². The Morgan fingerprint density at radius 2 is 1.94 bits per heavy atom. The van der Waals surface area contributed by atoms with Crippen molar-refractivity contribution in [3.05, 3.63) is 51.3 Å². The Bertz CT molecular complexity index is 1240. The Balaban J connectivity index is 1.62. The number of aromatic nitrogens is 3. The van der Waals surface area contributed by atoms with Crippen molar-refractivity contribution in [2.75, 3.05) is 44.3 Å². The quantitative estimate of drug-likeness (QED) is 0.602. The van der Waals surface area contributed by atoms with Crippen LogP contribution in [0, 0.1) is 12.7 Å². The fraction of sp³-hybridized carbons (Fsp3) is 0.435. The Morgan fingerprint density at radius 3 is 2.69 bits per heavy atom. The molecule has 2 fully saturated rings. The molecule has 2 aromatic heterocycles. The summed E-state index contributed by atoms with van der Waals surface area (Å²) in [6, 6.07) is 6.70. The van der Waals surface area contributed by atoms with Crippen molar-refractivity contribution in [3.63, 3.8) is 0 Å². The van der Waals surface area contributed by atoms with Crippen molar-refractivity contribution < 1.29 is 9.13 Å². The molecule has 5 rings (SSSR count). The minimum absolute atomic E-state index is 0.243. The van der Waals surface area contributed by atoms with E-state index in [1.54, 1.807) is 26.1 Å². The van der Waals surface area contributed by atoms with Crippen molar-refractivity contribution in [2.45, 2.75) is 19.4 Å². The van der Waals surface area contributed by atoms with Crippen LogP contribution in [0.5, 0.6) is 0 Å². The molecule has 1 atom stereocenters. The molecule has 2 aliphatic rings. The van der Waals surface area contributed by atoms with E-state index in [9.17, 15) is 9.18 Å². The first-order valence-corrected chi connectivity index (χ1v) is 11.2. The molecule has 1 unspecified atom stereocenters. The van der Waals surface area contributed by atoms with Crippen LogP contribution in [0.3, 0.4) is 0 Å². The normalized spacial score (nSPS) is 19.8. The molecule has 0 aliphatic carbocycles. The number of aryl methyl sites for hydroxylation is 1. The van der Waals surface area contributed by atoms with Gasteiger partial charge in [-0.1, -0.05) is 11.6 Å². The molecule has 2 saturated heterocycles. The van der Waals surface area contributed by atoms with E-state index in [1.165, 1.54) is 10.6 Å². The van der Waals surface area contributed by atoms with E-state index >= 15 is 0 Å². The summed E-state index contributed by atoms with van der Waals surface area (Å²) in [5.41, 5.74) is 0.820. The fourth-order valence-corrected chi connectivity index (χ4v) is 4.77. The van der Waals surface area contributed by atoms with Crippen LogP contribution in [-0.2, 0) is 11.8 Å². The van der Waals surface area contributed by atoms with Gasteiger partial charge in [0.1, 0.15) is 17.5 Å². The van der Waals surface area contributed by atoms with Gasteiger partial charge in [-0.3, -0.25) is 14.3 Å². The van der Waals surface area contributed by atoms with Gasteiger partial charge in [-0.25, -0.2) is 14.4 Å². The number of hydrogen-bond acceptors (Lipinski definition) is 6. The molecule has 32 heavy (non-hydrogen) atoms. The van der Waals surface area contributed by atoms with Crippen LogP contribution in [0.25, 0.3) is 22.2 Å². The summed E-state index contributed by atoms with van der Waals surface area (Å²) in [7, 11) is 1.66. The number of morpholine rings is 1. The lowest BCUT2D eigenvalue weighted by atomic mass is 10.1. The fourth-order valence-electron chi connectivity index (χ4n) is 4.61. The molecule has 2 aliphatic heterocycles. The number of ether oxygens (including phenoxy) is 1. The average molecular weight is 458 g/mol. The smallest absolute Gasteiger partial charge is 0.263 e. The Hall–Kier alpha value is -2.55. The third-order valence-electron chi connectivity index (χ3n) is 6.51. The van der Waals surface area contributed by atoms with Crippen LogP contribution in [-0.4, -0.2) is 64.9 Å². The van der Waals surface area contributed by atoms with Gasteiger partial charge in [0.2, 0.25) is 0 Å². The molecule has 3 aromatic rings. The van der Waals surface area contributed by atoms with Crippen molar-refractivity contribution in [2.24, 2.45) is 7.05 Å². The summed E-state index contributed by atoms with van der Waals surface area (Å²) in [6.45, 7) is 6.84. The van der Waals surface area contributed by atoms with Crippen LogP contribution in [0.4, 0.5) is 10.2 Å². The standard InChI is InChI=1S/C23H25ClFN5O2/c1-14-26-19-12-20(30-6-5-16(13-30)29-7-9-32-10-8-29)27-22(21(19)23(31)28(14)2)17-4-3-15(24)11-18(17)25/h3-4,11-12,16H,5-10,13H2,1-2H3. The predicted octanol–water partition coefficient (Wildman–Crippen LogP) is 3.01. The van der Waals surface area contributed by atoms with Crippen molar-refractivity contribution >= 4 is 28.3 Å². The Kier molecular flexibility index (Phi) is 5.61. The van der Waals surface area contributed by atoms with Gasteiger partial charge in [0.15, 0.2) is 0 Å². The zero-order chi connectivity index (χ0) is 22.4. The highest BCUT2D eigenvalue weighted by molar-refractivity contribution is 6.30. The van der Waals surface area contributed by atoms with Gasteiger partial charge < -0.3 is 9.64 Å². The lowest BCUT2D eigenvalue weighted by Gasteiger charge is -2.32. The summed E-state index contributed by atoms with van der Waals surface area (Å²) in [6.07, 6.45) is 1.02. The molecular formula is C23H25ClFN5O2. The van der Waals surface area contributed by atoms with E-state index in [4.69, 9.17) is 21.3 Å². The summed E-state index contributed by atoms with van der Waals surface area (Å²) in [5.74, 6) is 0.784. The molecular weight excluding hydrogens is 433 g/mol. The number of benzene rings is 1. The first-order valence-electron chi connectivity index (χ1n) is 10.8. The van der Waals surface area contributed by atoms with Gasteiger partial charge in [0, 0.05) is 55.9 Å². The number of rotatable bonds is 3. The maximum atomic E-state index is 14.9. The molecule has 168 valence electrons. The van der Waals surface area contributed by atoms with Gasteiger partial charge >= 0.3 is 0 Å². The molecule has 7 nitrogen and oxygen atoms in total. The highest BCUT2D eigenvalue weighted by Gasteiger charge is 2.30. The van der Waals surface area contributed by atoms with E-state index in [1.807, 2.05) is 6.07 Å². The molecule has 0 spiro atoms. The van der Waals surface area contributed by atoms with Gasteiger partial charge in [-0.05, 0) is 31.5 Å². The Labute approximate surface area is 190 Å². The van der Waals surface area contributed by atoms with Crippen LogP contribution in [0.1, 0.15) is 12.2 Å². The van der Waals surface area contributed by atoms with E-state index in [2.05, 4.69) is 14.8 Å². The summed E-state index contributed by atoms with van der Waals surface area (Å²) >= 11 is 5.96. The molecule has 9 heteroatoms. The minimum atomic E-state index is -0.515. The summed E-state index contributed by atoms with van der Waals surface area (Å²) < 4.78 is 21.9. The van der Waals surface area contributed by atoms with E-state index in [0.717, 1.165) is 45.8 Å².